The quantitative estimate of drug-likeness (QED) is 0.901. The molecule has 4 heteroatoms. The first-order chi connectivity index (χ1) is 10.3. The van der Waals surface area contributed by atoms with Gasteiger partial charge in [-0.25, -0.2) is 0 Å². The van der Waals surface area contributed by atoms with Gasteiger partial charge in [-0.3, -0.25) is 10.1 Å². The van der Waals surface area contributed by atoms with Gasteiger partial charge in [-0.2, -0.15) is 0 Å². The van der Waals surface area contributed by atoms with Crippen LogP contribution in [0, 0.1) is 5.92 Å². The molecule has 0 bridgehead atoms. The first-order valence-corrected chi connectivity index (χ1v) is 7.93. The Morgan fingerprint density at radius 3 is 2.52 bits per heavy atom. The summed E-state index contributed by atoms with van der Waals surface area (Å²) in [5.74, 6) is 0.868. The number of carbonyl (C=O) groups is 1. The molecular formula is C17H24N2O2. The van der Waals surface area contributed by atoms with E-state index in [0.29, 0.717) is 38.3 Å². The molecule has 1 aromatic rings. The molecule has 2 fully saturated rings. The second kappa shape index (κ2) is 6.58. The number of nitrogens with zero attached hydrogens (tertiary/aromatic N) is 1. The Balaban J connectivity index is 1.64. The third-order valence-electron chi connectivity index (χ3n) is 4.37. The molecule has 4 nitrogen and oxygen atoms in total. The van der Waals surface area contributed by atoms with E-state index >= 15 is 0 Å². The van der Waals surface area contributed by atoms with Crippen LogP contribution in [0.3, 0.4) is 0 Å². The molecule has 1 amide bonds. The molecule has 1 aliphatic heterocycles. The van der Waals surface area contributed by atoms with Crippen molar-refractivity contribution in [3.05, 3.63) is 35.9 Å². The van der Waals surface area contributed by atoms with Crippen molar-refractivity contribution in [3.8, 4) is 0 Å². The van der Waals surface area contributed by atoms with Gasteiger partial charge < -0.3 is 9.64 Å². The standard InChI is InChI=1S/C17H24N2O2/c1-13(17(20)19-9-11-21-12-10-19)18-16(15-7-8-15)14-5-3-2-4-6-14/h2-6,13,15-16,18H,7-12H2,1H3. The summed E-state index contributed by atoms with van der Waals surface area (Å²) in [4.78, 5) is 14.4. The maximum Gasteiger partial charge on any atom is 0.239 e. The SMILES string of the molecule is CC(NC(c1ccccc1)C1CC1)C(=O)N1CCOCC1. The van der Waals surface area contributed by atoms with Crippen LogP contribution < -0.4 is 5.32 Å². The highest BCUT2D eigenvalue weighted by Crippen LogP contribution is 2.41. The smallest absolute Gasteiger partial charge is 0.239 e. The molecule has 114 valence electrons. The number of hydrogen-bond donors (Lipinski definition) is 1. The third kappa shape index (κ3) is 3.63. The number of benzene rings is 1. The van der Waals surface area contributed by atoms with E-state index in [1.807, 2.05) is 17.9 Å². The Morgan fingerprint density at radius 1 is 1.24 bits per heavy atom. The number of morpholine rings is 1. The van der Waals surface area contributed by atoms with Gasteiger partial charge in [0.2, 0.25) is 5.91 Å². The molecule has 1 aliphatic carbocycles. The van der Waals surface area contributed by atoms with Crippen LogP contribution in [0.4, 0.5) is 0 Å². The van der Waals surface area contributed by atoms with Crippen LogP contribution in [0.25, 0.3) is 0 Å². The summed E-state index contributed by atoms with van der Waals surface area (Å²) in [5.41, 5.74) is 1.29. The monoisotopic (exact) mass is 288 g/mol. The van der Waals surface area contributed by atoms with Gasteiger partial charge in [-0.15, -0.1) is 0 Å². The number of amides is 1. The van der Waals surface area contributed by atoms with Crippen molar-refractivity contribution in [2.45, 2.75) is 31.8 Å². The lowest BCUT2D eigenvalue weighted by Gasteiger charge is -2.31. The van der Waals surface area contributed by atoms with Gasteiger partial charge in [0.15, 0.2) is 0 Å². The van der Waals surface area contributed by atoms with Crippen LogP contribution in [0.5, 0.6) is 0 Å². The van der Waals surface area contributed by atoms with Crippen molar-refractivity contribution in [1.29, 1.82) is 0 Å². The first kappa shape index (κ1) is 14.5. The fourth-order valence-corrected chi connectivity index (χ4v) is 2.99. The second-order valence-electron chi connectivity index (χ2n) is 6.05. The molecule has 1 heterocycles. The molecular weight excluding hydrogens is 264 g/mol. The van der Waals surface area contributed by atoms with E-state index in [1.165, 1.54) is 18.4 Å². The van der Waals surface area contributed by atoms with Gasteiger partial charge in [0.25, 0.3) is 0 Å². The Labute approximate surface area is 126 Å². The fourth-order valence-electron chi connectivity index (χ4n) is 2.99. The highest BCUT2D eigenvalue weighted by atomic mass is 16.5. The number of carbonyl (C=O) groups excluding carboxylic acids is 1. The summed E-state index contributed by atoms with van der Waals surface area (Å²) < 4.78 is 5.31. The zero-order valence-electron chi connectivity index (χ0n) is 12.6. The van der Waals surface area contributed by atoms with Gasteiger partial charge in [-0.1, -0.05) is 30.3 Å². The molecule has 1 aromatic carbocycles. The van der Waals surface area contributed by atoms with Crippen LogP contribution >= 0.6 is 0 Å². The molecule has 3 rings (SSSR count). The highest BCUT2D eigenvalue weighted by Gasteiger charge is 2.34. The molecule has 1 saturated carbocycles. The van der Waals surface area contributed by atoms with Crippen molar-refractivity contribution in [3.63, 3.8) is 0 Å². The molecule has 2 aliphatic rings. The molecule has 1 saturated heterocycles. The van der Waals surface area contributed by atoms with Crippen molar-refractivity contribution in [1.82, 2.24) is 10.2 Å². The average Bonchev–Trinajstić information content (AvgIpc) is 3.38. The largest absolute Gasteiger partial charge is 0.378 e. The minimum absolute atomic E-state index is 0.145. The predicted octanol–water partition coefficient (Wildman–Crippen LogP) is 1.97. The fraction of sp³-hybridized carbons (Fsp3) is 0.588. The Hall–Kier alpha value is -1.39. The van der Waals surface area contributed by atoms with Crippen LogP contribution in [0.2, 0.25) is 0 Å². The lowest BCUT2D eigenvalue weighted by Crippen LogP contribution is -2.50. The lowest BCUT2D eigenvalue weighted by atomic mass is 10.0. The van der Waals surface area contributed by atoms with E-state index < -0.39 is 0 Å². The summed E-state index contributed by atoms with van der Waals surface area (Å²) >= 11 is 0. The maximum absolute atomic E-state index is 12.5. The lowest BCUT2D eigenvalue weighted by molar-refractivity contribution is -0.137. The number of hydrogen-bond acceptors (Lipinski definition) is 3. The summed E-state index contributed by atoms with van der Waals surface area (Å²) in [6, 6.07) is 10.6. The van der Waals surface area contributed by atoms with Crippen molar-refractivity contribution in [2.75, 3.05) is 26.3 Å². The molecule has 1 N–H and O–H groups in total. The maximum atomic E-state index is 12.5. The van der Waals surface area contributed by atoms with Crippen LogP contribution in [0.1, 0.15) is 31.4 Å². The summed E-state index contributed by atoms with van der Waals surface area (Å²) in [7, 11) is 0. The Bertz CT molecular complexity index is 467. The van der Waals surface area contributed by atoms with E-state index in [1.54, 1.807) is 0 Å². The molecule has 2 atom stereocenters. The Morgan fingerprint density at radius 2 is 1.90 bits per heavy atom. The Kier molecular flexibility index (Phi) is 4.56. The van der Waals surface area contributed by atoms with Crippen LogP contribution in [0.15, 0.2) is 30.3 Å². The normalized spacial score (nSPS) is 21.9. The summed E-state index contributed by atoms with van der Waals surface area (Å²) in [6.45, 7) is 4.72. The van der Waals surface area contributed by atoms with E-state index in [9.17, 15) is 4.79 Å². The summed E-state index contributed by atoms with van der Waals surface area (Å²) in [5, 5.41) is 3.56. The molecule has 2 unspecified atom stereocenters. The van der Waals surface area contributed by atoms with Gasteiger partial charge in [0, 0.05) is 19.1 Å². The zero-order valence-corrected chi connectivity index (χ0v) is 12.6. The minimum atomic E-state index is -0.145. The van der Waals surface area contributed by atoms with Crippen molar-refractivity contribution < 1.29 is 9.53 Å². The molecule has 21 heavy (non-hydrogen) atoms. The molecule has 0 aromatic heterocycles. The van der Waals surface area contributed by atoms with Crippen LogP contribution in [-0.2, 0) is 9.53 Å². The molecule has 0 radical (unpaired) electrons. The molecule has 0 spiro atoms. The number of nitrogens with one attached hydrogen (secondary N) is 1. The zero-order chi connectivity index (χ0) is 14.7. The average molecular weight is 288 g/mol. The highest BCUT2D eigenvalue weighted by molar-refractivity contribution is 5.81. The minimum Gasteiger partial charge on any atom is -0.378 e. The van der Waals surface area contributed by atoms with Gasteiger partial charge >= 0.3 is 0 Å². The third-order valence-corrected chi connectivity index (χ3v) is 4.37. The number of ether oxygens (including phenoxy) is 1. The predicted molar refractivity (Wildman–Crippen MR) is 81.9 cm³/mol. The van der Waals surface area contributed by atoms with Gasteiger partial charge in [0.1, 0.15) is 0 Å². The number of rotatable bonds is 5. The van der Waals surface area contributed by atoms with Gasteiger partial charge in [-0.05, 0) is 31.2 Å². The van der Waals surface area contributed by atoms with Crippen LogP contribution in [-0.4, -0.2) is 43.2 Å². The van der Waals surface area contributed by atoms with E-state index in [2.05, 4.69) is 29.6 Å². The van der Waals surface area contributed by atoms with E-state index in [-0.39, 0.29) is 11.9 Å². The van der Waals surface area contributed by atoms with Crippen molar-refractivity contribution in [2.24, 2.45) is 5.92 Å². The van der Waals surface area contributed by atoms with E-state index in [0.717, 1.165) is 0 Å². The van der Waals surface area contributed by atoms with E-state index in [4.69, 9.17) is 4.74 Å². The second-order valence-corrected chi connectivity index (χ2v) is 6.05. The van der Waals surface area contributed by atoms with Crippen molar-refractivity contribution >= 4 is 5.91 Å². The first-order valence-electron chi connectivity index (χ1n) is 7.93. The topological polar surface area (TPSA) is 41.6 Å². The summed E-state index contributed by atoms with van der Waals surface area (Å²) in [6.07, 6.45) is 2.51. The van der Waals surface area contributed by atoms with Gasteiger partial charge in [0.05, 0.1) is 19.3 Å².